The van der Waals surface area contributed by atoms with Gasteiger partial charge in [-0.3, -0.25) is 9.89 Å². The Morgan fingerprint density at radius 3 is 2.58 bits per heavy atom. The summed E-state index contributed by atoms with van der Waals surface area (Å²) in [5.41, 5.74) is 3.40. The third-order valence-corrected chi connectivity index (χ3v) is 4.29. The van der Waals surface area contributed by atoms with Crippen LogP contribution in [-0.4, -0.2) is 29.3 Å². The van der Waals surface area contributed by atoms with E-state index in [0.29, 0.717) is 5.69 Å². The van der Waals surface area contributed by atoms with Crippen LogP contribution in [0.3, 0.4) is 0 Å². The van der Waals surface area contributed by atoms with E-state index in [9.17, 15) is 4.79 Å². The van der Waals surface area contributed by atoms with Gasteiger partial charge >= 0.3 is 0 Å². The number of methoxy groups -OCH3 is 1. The highest BCUT2D eigenvalue weighted by Gasteiger charge is 2.13. The molecule has 1 heterocycles. The van der Waals surface area contributed by atoms with Gasteiger partial charge in [-0.1, -0.05) is 30.3 Å². The Bertz CT molecular complexity index is 841. The molecule has 0 saturated heterocycles. The fourth-order valence-electron chi connectivity index (χ4n) is 2.75. The molecule has 0 spiro atoms. The number of carbonyl (C=O) groups is 1. The molecule has 0 unspecified atom stereocenters. The fourth-order valence-corrected chi connectivity index (χ4v) is 2.75. The Morgan fingerprint density at radius 2 is 1.88 bits per heavy atom. The van der Waals surface area contributed by atoms with Crippen LogP contribution >= 0.6 is 0 Å². The molecule has 134 valence electrons. The number of aryl methyl sites for hydroxylation is 1. The standard InChI is InChI=1S/C21H23N3O2/c1-15(8-9-16-6-4-3-5-7-16)22-21(25)20-14-19(23-24-20)17-10-12-18(26-2)13-11-17/h3-7,10-15H,8-9H2,1-2H3,(H,22,25)(H,23,24)/t15-/m1/s1. The molecule has 2 N–H and O–H groups in total. The number of nitrogens with zero attached hydrogens (tertiary/aromatic N) is 1. The highest BCUT2D eigenvalue weighted by molar-refractivity contribution is 5.93. The van der Waals surface area contributed by atoms with Crippen molar-refractivity contribution in [2.24, 2.45) is 0 Å². The predicted molar refractivity (Wildman–Crippen MR) is 102 cm³/mol. The van der Waals surface area contributed by atoms with E-state index in [4.69, 9.17) is 4.74 Å². The van der Waals surface area contributed by atoms with Crippen LogP contribution in [0.4, 0.5) is 0 Å². The zero-order valence-corrected chi connectivity index (χ0v) is 15.0. The van der Waals surface area contributed by atoms with Crippen LogP contribution in [0.2, 0.25) is 0 Å². The Kier molecular flexibility index (Phi) is 5.69. The smallest absolute Gasteiger partial charge is 0.269 e. The van der Waals surface area contributed by atoms with Gasteiger partial charge in [-0.25, -0.2) is 0 Å². The molecule has 5 heteroatoms. The molecule has 3 rings (SSSR count). The van der Waals surface area contributed by atoms with Gasteiger partial charge in [-0.15, -0.1) is 0 Å². The number of aromatic amines is 1. The lowest BCUT2D eigenvalue weighted by Crippen LogP contribution is -2.33. The van der Waals surface area contributed by atoms with Gasteiger partial charge < -0.3 is 10.1 Å². The average Bonchev–Trinajstić information content (AvgIpc) is 3.18. The fraction of sp³-hybridized carbons (Fsp3) is 0.238. The molecule has 0 saturated carbocycles. The van der Waals surface area contributed by atoms with E-state index < -0.39 is 0 Å². The quantitative estimate of drug-likeness (QED) is 0.681. The molecule has 2 aromatic carbocycles. The molecule has 26 heavy (non-hydrogen) atoms. The summed E-state index contributed by atoms with van der Waals surface area (Å²) in [7, 11) is 1.63. The van der Waals surface area contributed by atoms with Gasteiger partial charge in [0.05, 0.1) is 12.8 Å². The molecule has 1 amide bonds. The summed E-state index contributed by atoms with van der Waals surface area (Å²) in [6.07, 6.45) is 1.82. The lowest BCUT2D eigenvalue weighted by atomic mass is 10.1. The largest absolute Gasteiger partial charge is 0.497 e. The predicted octanol–water partition coefficient (Wildman–Crippen LogP) is 3.84. The van der Waals surface area contributed by atoms with Crippen LogP contribution in [0, 0.1) is 0 Å². The number of benzene rings is 2. The second kappa shape index (κ2) is 8.34. The second-order valence-corrected chi connectivity index (χ2v) is 6.29. The molecule has 5 nitrogen and oxygen atoms in total. The number of aromatic nitrogens is 2. The molecular weight excluding hydrogens is 326 g/mol. The minimum absolute atomic E-state index is 0.0791. The maximum absolute atomic E-state index is 12.4. The van der Waals surface area contributed by atoms with Crippen LogP contribution in [0.1, 0.15) is 29.4 Å². The third-order valence-electron chi connectivity index (χ3n) is 4.29. The summed E-state index contributed by atoms with van der Waals surface area (Å²) in [6.45, 7) is 2.02. The lowest BCUT2D eigenvalue weighted by Gasteiger charge is -2.13. The molecule has 1 atom stereocenters. The van der Waals surface area contributed by atoms with Crippen molar-refractivity contribution in [3.8, 4) is 17.0 Å². The monoisotopic (exact) mass is 349 g/mol. The summed E-state index contributed by atoms with van der Waals surface area (Å²) in [5.74, 6) is 0.646. The van der Waals surface area contributed by atoms with E-state index in [1.165, 1.54) is 5.56 Å². The molecule has 0 aliphatic rings. The number of H-pyrrole nitrogens is 1. The Morgan fingerprint density at radius 1 is 1.15 bits per heavy atom. The molecule has 0 fully saturated rings. The summed E-state index contributed by atoms with van der Waals surface area (Å²) in [5, 5.41) is 10.1. The van der Waals surface area contributed by atoms with Gasteiger partial charge in [0.1, 0.15) is 11.4 Å². The minimum Gasteiger partial charge on any atom is -0.497 e. The molecule has 3 aromatic rings. The summed E-state index contributed by atoms with van der Waals surface area (Å²) >= 11 is 0. The first-order valence-corrected chi connectivity index (χ1v) is 8.70. The topological polar surface area (TPSA) is 67.0 Å². The van der Waals surface area contributed by atoms with Crippen molar-refractivity contribution in [3.05, 3.63) is 71.9 Å². The first-order chi connectivity index (χ1) is 12.7. The Labute approximate surface area is 153 Å². The summed E-state index contributed by atoms with van der Waals surface area (Å²) in [6, 6.07) is 19.7. The molecular formula is C21H23N3O2. The molecule has 0 bridgehead atoms. The number of hydrogen-bond donors (Lipinski definition) is 2. The van der Waals surface area contributed by atoms with Crippen molar-refractivity contribution in [2.75, 3.05) is 7.11 Å². The van der Waals surface area contributed by atoms with Crippen LogP contribution in [0.25, 0.3) is 11.3 Å². The van der Waals surface area contributed by atoms with Crippen LogP contribution in [0.15, 0.2) is 60.7 Å². The maximum atomic E-state index is 12.4. The SMILES string of the molecule is COc1ccc(-c2cc(C(=O)N[C@H](C)CCc3ccccc3)[nH]n2)cc1. The summed E-state index contributed by atoms with van der Waals surface area (Å²) < 4.78 is 5.15. The number of nitrogens with one attached hydrogen (secondary N) is 2. The maximum Gasteiger partial charge on any atom is 0.269 e. The second-order valence-electron chi connectivity index (χ2n) is 6.29. The van der Waals surface area contributed by atoms with Crippen LogP contribution in [-0.2, 0) is 6.42 Å². The summed E-state index contributed by atoms with van der Waals surface area (Å²) in [4.78, 5) is 12.4. The van der Waals surface area contributed by atoms with Crippen molar-refractivity contribution in [1.29, 1.82) is 0 Å². The van der Waals surface area contributed by atoms with Crippen molar-refractivity contribution in [2.45, 2.75) is 25.8 Å². The number of hydrogen-bond acceptors (Lipinski definition) is 3. The average molecular weight is 349 g/mol. The number of ether oxygens (including phenoxy) is 1. The highest BCUT2D eigenvalue weighted by Crippen LogP contribution is 2.21. The number of rotatable bonds is 7. The molecule has 0 aliphatic carbocycles. The van der Waals surface area contributed by atoms with Crippen molar-refractivity contribution >= 4 is 5.91 Å². The van der Waals surface area contributed by atoms with Crippen LogP contribution in [0.5, 0.6) is 5.75 Å². The van der Waals surface area contributed by atoms with Gasteiger partial charge in [0.2, 0.25) is 0 Å². The van der Waals surface area contributed by atoms with Crippen molar-refractivity contribution in [1.82, 2.24) is 15.5 Å². The Balaban J connectivity index is 1.57. The van der Waals surface area contributed by atoms with Gasteiger partial charge in [-0.2, -0.15) is 5.10 Å². The van der Waals surface area contributed by atoms with Crippen molar-refractivity contribution < 1.29 is 9.53 Å². The van der Waals surface area contributed by atoms with E-state index in [1.807, 2.05) is 49.4 Å². The highest BCUT2D eigenvalue weighted by atomic mass is 16.5. The van der Waals surface area contributed by atoms with E-state index in [1.54, 1.807) is 13.2 Å². The zero-order valence-electron chi connectivity index (χ0n) is 15.0. The van der Waals surface area contributed by atoms with E-state index in [0.717, 1.165) is 29.8 Å². The van der Waals surface area contributed by atoms with Gasteiger partial charge in [0.15, 0.2) is 0 Å². The molecule has 1 aromatic heterocycles. The first kappa shape index (κ1) is 17.7. The van der Waals surface area contributed by atoms with E-state index in [-0.39, 0.29) is 11.9 Å². The van der Waals surface area contributed by atoms with Gasteiger partial charge in [0.25, 0.3) is 5.91 Å². The number of amides is 1. The number of carbonyl (C=O) groups excluding carboxylic acids is 1. The minimum atomic E-state index is -0.141. The first-order valence-electron chi connectivity index (χ1n) is 8.70. The lowest BCUT2D eigenvalue weighted by molar-refractivity contribution is 0.0933. The molecule has 0 aliphatic heterocycles. The van der Waals surface area contributed by atoms with Gasteiger partial charge in [-0.05, 0) is 55.7 Å². The van der Waals surface area contributed by atoms with E-state index >= 15 is 0 Å². The van der Waals surface area contributed by atoms with Crippen LogP contribution < -0.4 is 10.1 Å². The molecule has 0 radical (unpaired) electrons. The third kappa shape index (κ3) is 4.51. The normalized spacial score (nSPS) is 11.8. The van der Waals surface area contributed by atoms with Gasteiger partial charge in [0, 0.05) is 11.6 Å². The van der Waals surface area contributed by atoms with E-state index in [2.05, 4.69) is 27.6 Å². The van der Waals surface area contributed by atoms with Crippen molar-refractivity contribution in [3.63, 3.8) is 0 Å². The zero-order chi connectivity index (χ0) is 18.4. The Hall–Kier alpha value is -3.08.